The van der Waals surface area contributed by atoms with Crippen LogP contribution >= 0.6 is 0 Å². The summed E-state index contributed by atoms with van der Waals surface area (Å²) in [6, 6.07) is 8.90. The second kappa shape index (κ2) is 4.80. The van der Waals surface area contributed by atoms with Gasteiger partial charge in [-0.25, -0.2) is 4.79 Å². The van der Waals surface area contributed by atoms with E-state index in [0.717, 1.165) is 10.9 Å². The van der Waals surface area contributed by atoms with Gasteiger partial charge in [0.1, 0.15) is 5.75 Å². The summed E-state index contributed by atoms with van der Waals surface area (Å²) in [7, 11) is 0. The van der Waals surface area contributed by atoms with Crippen LogP contribution in [0.15, 0.2) is 36.5 Å². The average molecular weight is 232 g/mol. The number of nitrogens with zero attached hydrogens (tertiary/aromatic N) is 1. The van der Waals surface area contributed by atoms with Crippen LogP contribution in [-0.4, -0.2) is 28.7 Å². The zero-order valence-electron chi connectivity index (χ0n) is 9.04. The molecule has 0 bridgehead atoms. The van der Waals surface area contributed by atoms with Crippen molar-refractivity contribution in [1.82, 2.24) is 4.98 Å². The summed E-state index contributed by atoms with van der Waals surface area (Å²) in [5.74, 6) is -0.596. The molecule has 0 spiro atoms. The Morgan fingerprint density at radius 1 is 1.41 bits per heavy atom. The molecule has 3 N–H and O–H groups in total. The van der Waals surface area contributed by atoms with Gasteiger partial charge in [0.2, 0.25) is 6.10 Å². The summed E-state index contributed by atoms with van der Waals surface area (Å²) < 4.78 is 5.37. The number of benzene rings is 1. The Hall–Kier alpha value is -2.14. The van der Waals surface area contributed by atoms with Crippen molar-refractivity contribution in [3.8, 4) is 5.75 Å². The van der Waals surface area contributed by atoms with Gasteiger partial charge in [0.05, 0.1) is 5.52 Å². The van der Waals surface area contributed by atoms with E-state index in [0.29, 0.717) is 5.75 Å². The van der Waals surface area contributed by atoms with Crippen LogP contribution < -0.4 is 10.5 Å². The van der Waals surface area contributed by atoms with Gasteiger partial charge in [-0.15, -0.1) is 0 Å². The summed E-state index contributed by atoms with van der Waals surface area (Å²) >= 11 is 0. The second-order valence-electron chi connectivity index (χ2n) is 3.51. The van der Waals surface area contributed by atoms with Crippen molar-refractivity contribution in [2.24, 2.45) is 5.73 Å². The number of fused-ring (bicyclic) bond motifs is 1. The molecule has 88 valence electrons. The van der Waals surface area contributed by atoms with Gasteiger partial charge in [0, 0.05) is 18.1 Å². The largest absolute Gasteiger partial charge is 0.478 e. The van der Waals surface area contributed by atoms with E-state index in [2.05, 4.69) is 4.98 Å². The molecule has 17 heavy (non-hydrogen) atoms. The SMILES string of the molecule is NCC(Oc1cccc2ncccc12)C(=O)O. The maximum atomic E-state index is 10.9. The first kappa shape index (κ1) is 11.3. The van der Waals surface area contributed by atoms with Crippen LogP contribution in [0.1, 0.15) is 0 Å². The van der Waals surface area contributed by atoms with Crippen LogP contribution in [0.4, 0.5) is 0 Å². The lowest BCUT2D eigenvalue weighted by atomic mass is 10.2. The number of hydrogen-bond donors (Lipinski definition) is 2. The monoisotopic (exact) mass is 232 g/mol. The number of carboxylic acid groups (broad SMARTS) is 1. The molecule has 1 aromatic heterocycles. The minimum Gasteiger partial charge on any atom is -0.478 e. The van der Waals surface area contributed by atoms with E-state index in [1.54, 1.807) is 24.4 Å². The number of hydrogen-bond acceptors (Lipinski definition) is 4. The molecular formula is C12H12N2O3. The molecule has 0 saturated heterocycles. The molecule has 5 heteroatoms. The zero-order valence-corrected chi connectivity index (χ0v) is 9.04. The number of aromatic nitrogens is 1. The summed E-state index contributed by atoms with van der Waals surface area (Å²) in [5, 5.41) is 9.66. The molecular weight excluding hydrogens is 220 g/mol. The van der Waals surface area contributed by atoms with E-state index >= 15 is 0 Å². The molecule has 1 unspecified atom stereocenters. The number of nitrogens with two attached hydrogens (primary N) is 1. The molecule has 0 fully saturated rings. The minimum absolute atomic E-state index is 0.0774. The summed E-state index contributed by atoms with van der Waals surface area (Å²) in [6.07, 6.45) is 0.629. The summed E-state index contributed by atoms with van der Waals surface area (Å²) in [5.41, 5.74) is 6.10. The normalized spacial score (nSPS) is 12.3. The molecule has 0 aliphatic carbocycles. The van der Waals surface area contributed by atoms with Crippen LogP contribution in [0.25, 0.3) is 10.9 Å². The topological polar surface area (TPSA) is 85.4 Å². The van der Waals surface area contributed by atoms with E-state index in [9.17, 15) is 4.79 Å². The van der Waals surface area contributed by atoms with E-state index in [4.69, 9.17) is 15.6 Å². The average Bonchev–Trinajstić information content (AvgIpc) is 2.35. The Bertz CT molecular complexity index is 537. The molecule has 5 nitrogen and oxygen atoms in total. The van der Waals surface area contributed by atoms with Crippen LogP contribution in [0, 0.1) is 0 Å². The van der Waals surface area contributed by atoms with E-state index in [1.165, 1.54) is 0 Å². The number of ether oxygens (including phenoxy) is 1. The molecule has 0 saturated carbocycles. The van der Waals surface area contributed by atoms with Gasteiger partial charge >= 0.3 is 5.97 Å². The number of pyridine rings is 1. The lowest BCUT2D eigenvalue weighted by Crippen LogP contribution is -2.34. The van der Waals surface area contributed by atoms with E-state index < -0.39 is 12.1 Å². The summed E-state index contributed by atoms with van der Waals surface area (Å²) in [6.45, 7) is -0.0774. The van der Waals surface area contributed by atoms with Gasteiger partial charge in [0.15, 0.2) is 0 Å². The number of carbonyl (C=O) groups is 1. The predicted octanol–water partition coefficient (Wildman–Crippen LogP) is 1.03. The molecule has 2 aromatic rings. The minimum atomic E-state index is -1.08. The van der Waals surface area contributed by atoms with Gasteiger partial charge in [0.25, 0.3) is 0 Å². The first-order chi connectivity index (χ1) is 8.22. The lowest BCUT2D eigenvalue weighted by Gasteiger charge is -2.14. The number of carboxylic acids is 1. The van der Waals surface area contributed by atoms with Crippen molar-refractivity contribution in [2.75, 3.05) is 6.54 Å². The molecule has 1 heterocycles. The number of aliphatic carboxylic acids is 1. The Morgan fingerprint density at radius 2 is 2.24 bits per heavy atom. The van der Waals surface area contributed by atoms with Gasteiger partial charge in [-0.2, -0.15) is 0 Å². The van der Waals surface area contributed by atoms with Crippen LogP contribution in [0.3, 0.4) is 0 Å². The molecule has 0 radical (unpaired) electrons. The maximum absolute atomic E-state index is 10.9. The van der Waals surface area contributed by atoms with Gasteiger partial charge in [-0.1, -0.05) is 6.07 Å². The molecule has 1 atom stereocenters. The Kier molecular flexibility index (Phi) is 3.20. The van der Waals surface area contributed by atoms with Gasteiger partial charge in [-0.05, 0) is 24.3 Å². The number of rotatable bonds is 4. The standard InChI is InChI=1S/C12H12N2O3/c13-7-11(12(15)16)17-10-5-1-4-9-8(10)3-2-6-14-9/h1-6,11H,7,13H2,(H,15,16). The highest BCUT2D eigenvalue weighted by molar-refractivity contribution is 5.85. The zero-order chi connectivity index (χ0) is 12.3. The van der Waals surface area contributed by atoms with Gasteiger partial charge < -0.3 is 15.6 Å². The molecule has 1 aromatic carbocycles. The van der Waals surface area contributed by atoms with Crippen molar-refractivity contribution in [3.05, 3.63) is 36.5 Å². The molecule has 0 aliphatic heterocycles. The van der Waals surface area contributed by atoms with Crippen molar-refractivity contribution in [1.29, 1.82) is 0 Å². The van der Waals surface area contributed by atoms with Crippen molar-refractivity contribution in [3.63, 3.8) is 0 Å². The third-order valence-electron chi connectivity index (χ3n) is 2.36. The molecule has 0 amide bonds. The van der Waals surface area contributed by atoms with Crippen LogP contribution in [-0.2, 0) is 4.79 Å². The quantitative estimate of drug-likeness (QED) is 0.822. The van der Waals surface area contributed by atoms with E-state index in [-0.39, 0.29) is 6.54 Å². The fraction of sp³-hybridized carbons (Fsp3) is 0.167. The van der Waals surface area contributed by atoms with Crippen molar-refractivity contribution < 1.29 is 14.6 Å². The molecule has 0 aliphatic rings. The van der Waals surface area contributed by atoms with Crippen molar-refractivity contribution >= 4 is 16.9 Å². The Labute approximate surface area is 97.8 Å². The third-order valence-corrected chi connectivity index (χ3v) is 2.36. The molecule has 2 rings (SSSR count). The predicted molar refractivity (Wildman–Crippen MR) is 62.8 cm³/mol. The van der Waals surface area contributed by atoms with Gasteiger partial charge in [-0.3, -0.25) is 4.98 Å². The smallest absolute Gasteiger partial charge is 0.346 e. The maximum Gasteiger partial charge on any atom is 0.346 e. The first-order valence-electron chi connectivity index (χ1n) is 5.15. The van der Waals surface area contributed by atoms with Crippen LogP contribution in [0.5, 0.6) is 5.75 Å². The van der Waals surface area contributed by atoms with Crippen LogP contribution in [0.2, 0.25) is 0 Å². The Balaban J connectivity index is 2.38. The second-order valence-corrected chi connectivity index (χ2v) is 3.51. The highest BCUT2D eigenvalue weighted by Gasteiger charge is 2.18. The van der Waals surface area contributed by atoms with E-state index in [1.807, 2.05) is 12.1 Å². The summed E-state index contributed by atoms with van der Waals surface area (Å²) in [4.78, 5) is 15.0. The highest BCUT2D eigenvalue weighted by Crippen LogP contribution is 2.24. The Morgan fingerprint density at radius 3 is 2.94 bits per heavy atom. The highest BCUT2D eigenvalue weighted by atomic mass is 16.5. The first-order valence-corrected chi connectivity index (χ1v) is 5.15. The fourth-order valence-electron chi connectivity index (χ4n) is 1.53. The third kappa shape index (κ3) is 2.34. The lowest BCUT2D eigenvalue weighted by molar-refractivity contribution is -0.144. The van der Waals surface area contributed by atoms with Crippen molar-refractivity contribution in [2.45, 2.75) is 6.10 Å². The fourth-order valence-corrected chi connectivity index (χ4v) is 1.53.